The number of imide groups is 1. The lowest BCUT2D eigenvalue weighted by Gasteiger charge is -2.24. The highest BCUT2D eigenvalue weighted by atomic mass is 16.7. The minimum atomic E-state index is -0.543. The summed E-state index contributed by atoms with van der Waals surface area (Å²) in [6, 6.07) is 26.1. The number of fused-ring (bicyclic) bond motifs is 6. The number of nitrogens with zero attached hydrogens (tertiary/aromatic N) is 3. The summed E-state index contributed by atoms with van der Waals surface area (Å²) in [6.45, 7) is 10.0. The van der Waals surface area contributed by atoms with Crippen molar-refractivity contribution in [1.82, 2.24) is 5.06 Å². The van der Waals surface area contributed by atoms with Crippen molar-refractivity contribution in [2.45, 2.75) is 77.0 Å². The average Bonchev–Trinajstić information content (AvgIpc) is 3.62. The second kappa shape index (κ2) is 13.4. The molecule has 1 fully saturated rings. The molecule has 2 amide bonds. The van der Waals surface area contributed by atoms with Gasteiger partial charge in [0.05, 0.1) is 5.41 Å². The maximum atomic E-state index is 12.3. The zero-order valence-corrected chi connectivity index (χ0v) is 30.2. The van der Waals surface area contributed by atoms with Crippen LogP contribution in [0.4, 0.5) is 11.4 Å². The number of hydrogen-bond donors (Lipinski definition) is 0. The van der Waals surface area contributed by atoms with Crippen molar-refractivity contribution in [1.29, 1.82) is 0 Å². The van der Waals surface area contributed by atoms with Gasteiger partial charge in [0.15, 0.2) is 5.71 Å². The van der Waals surface area contributed by atoms with Crippen molar-refractivity contribution in [2.24, 2.45) is 0 Å². The van der Waals surface area contributed by atoms with Crippen molar-refractivity contribution >= 4 is 56.4 Å². The highest BCUT2D eigenvalue weighted by Crippen LogP contribution is 2.50. The zero-order chi connectivity index (χ0) is 35.9. The van der Waals surface area contributed by atoms with Gasteiger partial charge in [-0.25, -0.2) is 4.79 Å². The number of unbranched alkanes of at least 4 members (excludes halogenated alkanes) is 2. The molecule has 1 saturated heterocycles. The van der Waals surface area contributed by atoms with E-state index in [1.54, 1.807) is 0 Å². The number of allylic oxidation sites excluding steroid dienone is 6. The van der Waals surface area contributed by atoms with E-state index >= 15 is 0 Å². The fourth-order valence-corrected chi connectivity index (χ4v) is 8.35. The quantitative estimate of drug-likeness (QED) is 0.0724. The van der Waals surface area contributed by atoms with Crippen LogP contribution in [0.25, 0.3) is 21.5 Å². The van der Waals surface area contributed by atoms with E-state index in [1.165, 1.54) is 55.5 Å². The highest BCUT2D eigenvalue weighted by molar-refractivity contribution is 6.07. The number of rotatable bonds is 10. The van der Waals surface area contributed by atoms with E-state index in [0.717, 1.165) is 19.4 Å². The van der Waals surface area contributed by atoms with Crippen LogP contribution in [0.5, 0.6) is 0 Å². The summed E-state index contributed by atoms with van der Waals surface area (Å²) in [6.07, 6.45) is 13.6. The van der Waals surface area contributed by atoms with E-state index in [1.807, 2.05) is 0 Å². The van der Waals surface area contributed by atoms with Crippen LogP contribution in [0.3, 0.4) is 0 Å². The van der Waals surface area contributed by atoms with E-state index in [0.29, 0.717) is 11.5 Å². The van der Waals surface area contributed by atoms with Gasteiger partial charge in [0.25, 0.3) is 11.8 Å². The van der Waals surface area contributed by atoms with Gasteiger partial charge in [-0.3, -0.25) is 9.59 Å². The van der Waals surface area contributed by atoms with Crippen LogP contribution in [0, 0.1) is 0 Å². The van der Waals surface area contributed by atoms with Gasteiger partial charge < -0.3 is 9.74 Å². The Kier molecular flexibility index (Phi) is 9.00. The first-order valence-corrected chi connectivity index (χ1v) is 18.1. The predicted octanol–water partition coefficient (Wildman–Crippen LogP) is 8.96. The Morgan fingerprint density at radius 3 is 2.12 bits per heavy atom. The Hall–Kier alpha value is -5.30. The van der Waals surface area contributed by atoms with E-state index in [-0.39, 0.29) is 30.1 Å². The number of benzene rings is 4. The molecule has 3 aliphatic rings. The minimum absolute atomic E-state index is 0.0951. The van der Waals surface area contributed by atoms with Gasteiger partial charge in [0, 0.05) is 67.2 Å². The predicted molar refractivity (Wildman–Crippen MR) is 204 cm³/mol. The Morgan fingerprint density at radius 2 is 1.41 bits per heavy atom. The molecule has 0 unspecified atom stereocenters. The molecule has 7 heteroatoms. The highest BCUT2D eigenvalue weighted by Gasteiger charge is 2.45. The van der Waals surface area contributed by atoms with Crippen molar-refractivity contribution in [3.8, 4) is 0 Å². The molecule has 0 radical (unpaired) electrons. The van der Waals surface area contributed by atoms with Crippen LogP contribution in [-0.4, -0.2) is 46.7 Å². The lowest BCUT2D eigenvalue weighted by Crippen LogP contribution is -2.31. The van der Waals surface area contributed by atoms with E-state index in [2.05, 4.69) is 147 Å². The van der Waals surface area contributed by atoms with Gasteiger partial charge in [0.2, 0.25) is 5.69 Å². The molecule has 0 bridgehead atoms. The largest absolute Gasteiger partial charge is 0.347 e. The molecule has 0 atom stereocenters. The monoisotopic (exact) mass is 680 g/mol. The van der Waals surface area contributed by atoms with Crippen molar-refractivity contribution < 1.29 is 23.8 Å². The van der Waals surface area contributed by atoms with E-state index in [4.69, 9.17) is 4.84 Å². The summed E-state index contributed by atoms with van der Waals surface area (Å²) in [4.78, 5) is 43.3. The van der Waals surface area contributed by atoms with Gasteiger partial charge >= 0.3 is 5.97 Å². The summed E-state index contributed by atoms with van der Waals surface area (Å²) in [5.74, 6) is -1.44. The Morgan fingerprint density at radius 1 is 0.765 bits per heavy atom. The molecule has 4 aromatic rings. The first kappa shape index (κ1) is 34.2. The SMILES string of the molecule is CN1/C(=C/C=C/C=C/C2=[N+](CCCCCC(=O)ON3C(=O)CCC3=O)c3ccc4ccccc4c3C2(C)C)C(C)(C)c2c1ccc1ccccc21. The second-order valence-corrected chi connectivity index (χ2v) is 14.9. The molecule has 0 saturated carbocycles. The Balaban J connectivity index is 1.10. The summed E-state index contributed by atoms with van der Waals surface area (Å²) in [5.41, 5.74) is 7.30. The van der Waals surface area contributed by atoms with E-state index < -0.39 is 17.8 Å². The zero-order valence-electron chi connectivity index (χ0n) is 30.2. The van der Waals surface area contributed by atoms with Crippen molar-refractivity contribution in [2.75, 3.05) is 18.5 Å². The Bertz CT molecular complexity index is 2190. The number of hydrogen-bond acceptors (Lipinski definition) is 5. The molecule has 0 N–H and O–H groups in total. The standard InChI is InChI=1S/C44H46N3O4/c1-43(2)36(45(5)34-25-23-30-16-11-13-18-32(30)41(34)43)20-8-6-9-21-37-44(3,4)42-33-19-14-12-17-31(33)24-26-35(42)46(37)29-15-7-10-22-40(50)51-47-38(48)27-28-39(47)49/h6,8-9,11-14,16-21,23-26H,7,10,15,22,27-29H2,1-5H3/q+1. The molecule has 0 spiro atoms. The number of carbonyl (C=O) groups excluding carboxylic acids is 3. The summed E-state index contributed by atoms with van der Waals surface area (Å²) in [5, 5.41) is 5.69. The molecule has 51 heavy (non-hydrogen) atoms. The van der Waals surface area contributed by atoms with Gasteiger partial charge in [-0.1, -0.05) is 86.7 Å². The molecule has 260 valence electrons. The molecule has 4 aromatic carbocycles. The maximum Gasteiger partial charge on any atom is 0.333 e. The second-order valence-electron chi connectivity index (χ2n) is 14.9. The fraction of sp³-hybridized carbons (Fsp3) is 0.318. The molecule has 0 aliphatic carbocycles. The number of carbonyl (C=O) groups is 3. The van der Waals surface area contributed by atoms with Crippen LogP contribution in [0.2, 0.25) is 0 Å². The van der Waals surface area contributed by atoms with Crippen molar-refractivity contribution in [3.63, 3.8) is 0 Å². The van der Waals surface area contributed by atoms with Gasteiger partial charge in [-0.15, -0.1) is 5.06 Å². The third kappa shape index (κ3) is 6.09. The third-order valence-corrected chi connectivity index (χ3v) is 10.8. The molecule has 7 nitrogen and oxygen atoms in total. The smallest absolute Gasteiger partial charge is 0.333 e. The molecule has 3 heterocycles. The molecular weight excluding hydrogens is 635 g/mol. The molecule has 3 aliphatic heterocycles. The van der Waals surface area contributed by atoms with E-state index in [9.17, 15) is 14.4 Å². The normalized spacial score (nSPS) is 18.7. The minimum Gasteiger partial charge on any atom is -0.347 e. The summed E-state index contributed by atoms with van der Waals surface area (Å²) >= 11 is 0. The third-order valence-electron chi connectivity index (χ3n) is 10.8. The van der Waals surface area contributed by atoms with Crippen LogP contribution in [0.15, 0.2) is 109 Å². The molecule has 0 aromatic heterocycles. The lowest BCUT2D eigenvalue weighted by molar-refractivity contribution is -0.438. The number of hydroxylamine groups is 2. The van der Waals surface area contributed by atoms with Crippen molar-refractivity contribution in [3.05, 3.63) is 120 Å². The lowest BCUT2D eigenvalue weighted by atomic mass is 9.79. The van der Waals surface area contributed by atoms with Crippen LogP contribution < -0.4 is 4.90 Å². The van der Waals surface area contributed by atoms with Gasteiger partial charge in [-0.2, -0.15) is 4.58 Å². The first-order chi connectivity index (χ1) is 24.5. The average molecular weight is 681 g/mol. The van der Waals surface area contributed by atoms with Gasteiger partial charge in [-0.05, 0) is 72.0 Å². The first-order valence-electron chi connectivity index (χ1n) is 18.1. The maximum absolute atomic E-state index is 12.3. The molecule has 7 rings (SSSR count). The Labute approximate surface area is 300 Å². The number of likely N-dealkylation sites (N-methyl/N-ethyl adjacent to an activating group) is 1. The topological polar surface area (TPSA) is 69.9 Å². The fourth-order valence-electron chi connectivity index (χ4n) is 8.35. The number of anilines is 1. The summed E-state index contributed by atoms with van der Waals surface area (Å²) < 4.78 is 2.43. The molecular formula is C44H46N3O4+. The number of amides is 2. The summed E-state index contributed by atoms with van der Waals surface area (Å²) in [7, 11) is 2.16. The van der Waals surface area contributed by atoms with Crippen LogP contribution in [0.1, 0.15) is 77.3 Å². The van der Waals surface area contributed by atoms with Crippen LogP contribution in [-0.2, 0) is 30.1 Å². The van der Waals surface area contributed by atoms with Crippen LogP contribution >= 0.6 is 0 Å². The van der Waals surface area contributed by atoms with Gasteiger partial charge in [0.1, 0.15) is 6.54 Å².